The third kappa shape index (κ3) is 5.12. The van der Waals surface area contributed by atoms with Gasteiger partial charge >= 0.3 is 12.2 Å². The topological polar surface area (TPSA) is 61.9 Å². The number of likely N-dealkylation sites (tertiary alicyclic amines) is 2. The summed E-state index contributed by atoms with van der Waals surface area (Å²) in [6.45, 7) is 2.50. The summed E-state index contributed by atoms with van der Waals surface area (Å²) >= 11 is 0. The van der Waals surface area contributed by atoms with Crippen LogP contribution in [-0.2, 0) is 9.53 Å². The second kappa shape index (κ2) is 10.3. The van der Waals surface area contributed by atoms with Gasteiger partial charge in [-0.25, -0.2) is 9.18 Å². The van der Waals surface area contributed by atoms with Crippen molar-refractivity contribution in [2.45, 2.75) is 70.2 Å². The standard InChI is InChI=1S/C28H37F4N3O3/c1-17(36)35-16-27(9-11-34(12-10-27)26(37)33-23-6-4-3-5-22(23)29)25-20-8-7-19(38-2)13-18(20)14-21(25)24(35)15-28(30,31)32/h3-6,18-21,24-25H,7-16H2,1-2H3,(H,33,37)/t18?,19?,20?,21?,24-,25?/m0/s1. The van der Waals surface area contributed by atoms with E-state index < -0.39 is 24.5 Å². The third-order valence-corrected chi connectivity index (χ3v) is 9.92. The van der Waals surface area contributed by atoms with Crippen LogP contribution in [0.25, 0.3) is 0 Å². The van der Waals surface area contributed by atoms with Crippen molar-refractivity contribution in [2.75, 3.05) is 32.1 Å². The fraction of sp³-hybridized carbons (Fsp3) is 0.714. The summed E-state index contributed by atoms with van der Waals surface area (Å²) in [6, 6.07) is 4.75. The van der Waals surface area contributed by atoms with Crippen LogP contribution in [0.4, 0.5) is 28.0 Å². The van der Waals surface area contributed by atoms with Gasteiger partial charge in [0.1, 0.15) is 5.82 Å². The Balaban J connectivity index is 1.40. The summed E-state index contributed by atoms with van der Waals surface area (Å²) in [7, 11) is 1.69. The number of alkyl halides is 3. The Morgan fingerprint density at radius 3 is 2.45 bits per heavy atom. The van der Waals surface area contributed by atoms with E-state index in [2.05, 4.69) is 5.32 Å². The molecule has 38 heavy (non-hydrogen) atoms. The Hall–Kier alpha value is -2.36. The molecule has 1 spiro atoms. The Labute approximate surface area is 221 Å². The fourth-order valence-electron chi connectivity index (χ4n) is 8.36. The smallest absolute Gasteiger partial charge is 0.381 e. The van der Waals surface area contributed by atoms with Crippen molar-refractivity contribution in [3.05, 3.63) is 30.1 Å². The van der Waals surface area contributed by atoms with Crippen molar-refractivity contribution < 1.29 is 31.9 Å². The van der Waals surface area contributed by atoms with E-state index in [0.29, 0.717) is 44.8 Å². The number of fused-ring (bicyclic) bond motifs is 4. The second-order valence-corrected chi connectivity index (χ2v) is 11.8. The van der Waals surface area contributed by atoms with Gasteiger partial charge < -0.3 is 19.9 Å². The Kier molecular flexibility index (Phi) is 7.39. The predicted octanol–water partition coefficient (Wildman–Crippen LogP) is 5.69. The molecule has 2 aliphatic carbocycles. The van der Waals surface area contributed by atoms with Gasteiger partial charge in [-0.15, -0.1) is 0 Å². The van der Waals surface area contributed by atoms with Crippen molar-refractivity contribution >= 4 is 17.6 Å². The largest absolute Gasteiger partial charge is 0.391 e. The predicted molar refractivity (Wildman–Crippen MR) is 134 cm³/mol. The third-order valence-electron chi connectivity index (χ3n) is 9.92. The number of ether oxygens (including phenoxy) is 1. The highest BCUT2D eigenvalue weighted by molar-refractivity contribution is 5.89. The molecular formula is C28H37F4N3O3. The zero-order valence-electron chi connectivity index (χ0n) is 22.0. The number of carbonyl (C=O) groups excluding carboxylic acids is 2. The van der Waals surface area contributed by atoms with E-state index in [-0.39, 0.29) is 46.9 Å². The molecule has 1 aromatic carbocycles. The maximum atomic E-state index is 14.1. The molecular weight excluding hydrogens is 502 g/mol. The van der Waals surface area contributed by atoms with E-state index in [9.17, 15) is 27.2 Å². The van der Waals surface area contributed by atoms with Crippen LogP contribution in [0.1, 0.15) is 51.9 Å². The lowest BCUT2D eigenvalue weighted by molar-refractivity contribution is -0.178. The van der Waals surface area contributed by atoms with Gasteiger partial charge in [-0.05, 0) is 79.7 Å². The molecule has 6 nitrogen and oxygen atoms in total. The minimum Gasteiger partial charge on any atom is -0.381 e. The van der Waals surface area contributed by atoms with Crippen LogP contribution in [0.15, 0.2) is 24.3 Å². The van der Waals surface area contributed by atoms with E-state index in [1.807, 2.05) is 0 Å². The van der Waals surface area contributed by atoms with E-state index in [0.717, 1.165) is 19.3 Å². The van der Waals surface area contributed by atoms with Gasteiger partial charge in [0.05, 0.1) is 18.2 Å². The molecule has 0 bridgehead atoms. The fourth-order valence-corrected chi connectivity index (χ4v) is 8.36. The summed E-state index contributed by atoms with van der Waals surface area (Å²) in [6.07, 6.45) is -0.646. The van der Waals surface area contributed by atoms with Crippen LogP contribution in [-0.4, -0.2) is 66.8 Å². The average Bonchev–Trinajstić information content (AvgIpc) is 3.26. The van der Waals surface area contributed by atoms with Gasteiger partial charge in [-0.1, -0.05) is 12.1 Å². The maximum Gasteiger partial charge on any atom is 0.391 e. The molecule has 0 aromatic heterocycles. The maximum absolute atomic E-state index is 14.1. The van der Waals surface area contributed by atoms with Gasteiger partial charge in [-0.2, -0.15) is 13.2 Å². The van der Waals surface area contributed by atoms with Crippen molar-refractivity contribution in [1.82, 2.24) is 9.80 Å². The number of anilines is 1. The number of rotatable bonds is 3. The van der Waals surface area contributed by atoms with Gasteiger partial charge in [-0.3, -0.25) is 4.79 Å². The summed E-state index contributed by atoms with van der Waals surface area (Å²) in [5.74, 6) is -0.397. The van der Waals surface area contributed by atoms with Crippen LogP contribution < -0.4 is 5.32 Å². The molecule has 5 rings (SSSR count). The number of hydrogen-bond acceptors (Lipinski definition) is 3. The number of methoxy groups -OCH3 is 1. The Bertz CT molecular complexity index is 1040. The normalized spacial score (nSPS) is 32.6. The van der Waals surface area contributed by atoms with Crippen molar-refractivity contribution in [3.63, 3.8) is 0 Å². The monoisotopic (exact) mass is 539 g/mol. The Morgan fingerprint density at radius 2 is 1.82 bits per heavy atom. The van der Waals surface area contributed by atoms with E-state index >= 15 is 0 Å². The minimum absolute atomic E-state index is 0.0741. The molecule has 0 radical (unpaired) electrons. The van der Waals surface area contributed by atoms with Crippen LogP contribution in [0.3, 0.4) is 0 Å². The lowest BCUT2D eigenvalue weighted by Gasteiger charge is -2.58. The summed E-state index contributed by atoms with van der Waals surface area (Å²) in [5.41, 5.74) is -0.228. The first-order valence-electron chi connectivity index (χ1n) is 13.7. The molecule has 1 aromatic rings. The molecule has 2 aliphatic heterocycles. The van der Waals surface area contributed by atoms with Gasteiger partial charge in [0, 0.05) is 39.7 Å². The summed E-state index contributed by atoms with van der Waals surface area (Å²) < 4.78 is 61.0. The van der Waals surface area contributed by atoms with Gasteiger partial charge in [0.2, 0.25) is 5.91 Å². The van der Waals surface area contributed by atoms with Crippen LogP contribution >= 0.6 is 0 Å². The Morgan fingerprint density at radius 1 is 1.11 bits per heavy atom. The molecule has 210 valence electrons. The van der Waals surface area contributed by atoms with Crippen LogP contribution in [0.2, 0.25) is 0 Å². The van der Waals surface area contributed by atoms with Crippen molar-refractivity contribution in [3.8, 4) is 0 Å². The number of amides is 3. The molecule has 3 amide bonds. The lowest BCUT2D eigenvalue weighted by Crippen LogP contribution is -2.63. The van der Waals surface area contributed by atoms with Crippen molar-refractivity contribution in [1.29, 1.82) is 0 Å². The molecule has 6 atom stereocenters. The number of piperidine rings is 2. The molecule has 2 heterocycles. The number of carbonyl (C=O) groups is 2. The van der Waals surface area contributed by atoms with Crippen LogP contribution in [0.5, 0.6) is 0 Å². The van der Waals surface area contributed by atoms with Crippen molar-refractivity contribution in [2.24, 2.45) is 29.1 Å². The zero-order valence-corrected chi connectivity index (χ0v) is 22.0. The SMILES string of the molecule is COC1CCC2C(C1)CC1C2C2(CCN(C(=O)Nc3ccccc3F)CC2)CN(C(C)=O)[C@H]1CC(F)(F)F. The van der Waals surface area contributed by atoms with Crippen LogP contribution in [0, 0.1) is 34.9 Å². The van der Waals surface area contributed by atoms with Gasteiger partial charge in [0.15, 0.2) is 0 Å². The molecule has 2 saturated carbocycles. The molecule has 5 unspecified atom stereocenters. The number of para-hydroxylation sites is 1. The molecule has 4 aliphatic rings. The first kappa shape index (κ1) is 27.2. The molecule has 2 saturated heterocycles. The van der Waals surface area contributed by atoms with E-state index in [4.69, 9.17) is 4.74 Å². The summed E-state index contributed by atoms with van der Waals surface area (Å²) in [5, 5.41) is 2.64. The number of hydrogen-bond donors (Lipinski definition) is 1. The lowest BCUT2D eigenvalue weighted by atomic mass is 9.56. The highest BCUT2D eigenvalue weighted by atomic mass is 19.4. The molecule has 1 N–H and O–H groups in total. The van der Waals surface area contributed by atoms with Gasteiger partial charge in [0.25, 0.3) is 0 Å². The average molecular weight is 540 g/mol. The van der Waals surface area contributed by atoms with E-state index in [1.54, 1.807) is 24.1 Å². The first-order chi connectivity index (χ1) is 18.0. The quantitative estimate of drug-likeness (QED) is 0.502. The zero-order chi connectivity index (χ0) is 27.2. The summed E-state index contributed by atoms with van der Waals surface area (Å²) in [4.78, 5) is 28.8. The number of benzene rings is 1. The number of halogens is 4. The number of urea groups is 1. The highest BCUT2D eigenvalue weighted by Gasteiger charge is 2.62. The number of nitrogens with one attached hydrogen (secondary N) is 1. The number of nitrogens with zero attached hydrogens (tertiary/aromatic N) is 2. The molecule has 4 fully saturated rings. The first-order valence-corrected chi connectivity index (χ1v) is 13.7. The van der Waals surface area contributed by atoms with E-state index in [1.165, 1.54) is 24.0 Å². The minimum atomic E-state index is -4.36. The second-order valence-electron chi connectivity index (χ2n) is 11.8. The molecule has 10 heteroatoms. The highest BCUT2D eigenvalue weighted by Crippen LogP contribution is 2.63.